The smallest absolute Gasteiger partial charge is 0.226 e. The number of piperidine rings is 1. The summed E-state index contributed by atoms with van der Waals surface area (Å²) in [6.07, 6.45) is 1.73. The summed E-state index contributed by atoms with van der Waals surface area (Å²) >= 11 is 5.97. The number of rotatable bonds is 3. The zero-order chi connectivity index (χ0) is 15.7. The van der Waals surface area contributed by atoms with Crippen LogP contribution in [0.15, 0.2) is 22.6 Å². The van der Waals surface area contributed by atoms with E-state index in [9.17, 15) is 4.79 Å². The molecule has 3 rings (SSSR count). The van der Waals surface area contributed by atoms with Gasteiger partial charge in [-0.1, -0.05) is 18.5 Å². The Morgan fingerprint density at radius 3 is 2.71 bits per heavy atom. The number of aromatic nitrogens is 1. The molecule has 2 heterocycles. The molecule has 1 aliphatic heterocycles. The van der Waals surface area contributed by atoms with Crippen molar-refractivity contribution >= 4 is 53.4 Å². The SMILES string of the molecule is CC(CN)C(=O)N1CCC(c2nc3cc(Cl)ccc3o2)CC1.Cl.Cl. The van der Waals surface area contributed by atoms with Gasteiger partial charge < -0.3 is 15.1 Å². The summed E-state index contributed by atoms with van der Waals surface area (Å²) in [6.45, 7) is 3.73. The molecule has 134 valence electrons. The van der Waals surface area contributed by atoms with E-state index >= 15 is 0 Å². The van der Waals surface area contributed by atoms with Crippen molar-refractivity contribution in [2.24, 2.45) is 11.7 Å². The normalized spacial score (nSPS) is 16.4. The second-order valence-corrected chi connectivity index (χ2v) is 6.34. The molecular weight excluding hydrogens is 373 g/mol. The highest BCUT2D eigenvalue weighted by atomic mass is 35.5. The van der Waals surface area contributed by atoms with E-state index in [2.05, 4.69) is 4.98 Å². The minimum absolute atomic E-state index is 0. The van der Waals surface area contributed by atoms with E-state index < -0.39 is 0 Å². The summed E-state index contributed by atoms with van der Waals surface area (Å²) in [5.41, 5.74) is 7.12. The van der Waals surface area contributed by atoms with E-state index in [0.717, 1.165) is 42.9 Å². The van der Waals surface area contributed by atoms with Crippen molar-refractivity contribution < 1.29 is 9.21 Å². The molecule has 1 aromatic heterocycles. The molecule has 2 aromatic rings. The molecule has 0 radical (unpaired) electrons. The topological polar surface area (TPSA) is 72.4 Å². The van der Waals surface area contributed by atoms with E-state index in [0.29, 0.717) is 11.6 Å². The largest absolute Gasteiger partial charge is 0.440 e. The summed E-state index contributed by atoms with van der Waals surface area (Å²) in [6, 6.07) is 5.45. The third-order valence-corrected chi connectivity index (χ3v) is 4.53. The summed E-state index contributed by atoms with van der Waals surface area (Å²) in [5.74, 6) is 1.04. The highest BCUT2D eigenvalue weighted by Crippen LogP contribution is 2.31. The Balaban J connectivity index is 0.00000144. The molecule has 1 aliphatic rings. The van der Waals surface area contributed by atoms with Gasteiger partial charge in [-0.25, -0.2) is 4.98 Å². The first-order chi connectivity index (χ1) is 10.6. The first kappa shape index (κ1) is 21.0. The number of nitrogens with zero attached hydrogens (tertiary/aromatic N) is 2. The van der Waals surface area contributed by atoms with Crippen molar-refractivity contribution in [2.45, 2.75) is 25.7 Å². The van der Waals surface area contributed by atoms with Crippen molar-refractivity contribution in [3.8, 4) is 0 Å². The number of likely N-dealkylation sites (tertiary alicyclic amines) is 1. The van der Waals surface area contributed by atoms with Gasteiger partial charge in [0.2, 0.25) is 5.91 Å². The van der Waals surface area contributed by atoms with Crippen LogP contribution in [0.3, 0.4) is 0 Å². The van der Waals surface area contributed by atoms with E-state index in [4.69, 9.17) is 21.8 Å². The Labute approximate surface area is 158 Å². The molecule has 1 atom stereocenters. The van der Waals surface area contributed by atoms with E-state index in [1.165, 1.54) is 0 Å². The van der Waals surface area contributed by atoms with E-state index in [1.807, 2.05) is 24.0 Å². The van der Waals surface area contributed by atoms with Crippen LogP contribution >= 0.6 is 36.4 Å². The van der Waals surface area contributed by atoms with Gasteiger partial charge in [0.05, 0.1) is 0 Å². The number of amides is 1. The number of fused-ring (bicyclic) bond motifs is 1. The molecule has 1 amide bonds. The molecule has 1 aromatic carbocycles. The van der Waals surface area contributed by atoms with Crippen molar-refractivity contribution in [1.82, 2.24) is 9.88 Å². The highest BCUT2D eigenvalue weighted by molar-refractivity contribution is 6.31. The number of carbonyl (C=O) groups is 1. The van der Waals surface area contributed by atoms with Gasteiger partial charge >= 0.3 is 0 Å². The third-order valence-electron chi connectivity index (χ3n) is 4.30. The number of halogens is 3. The van der Waals surface area contributed by atoms with Crippen LogP contribution in [0.1, 0.15) is 31.6 Å². The van der Waals surface area contributed by atoms with Crippen molar-refractivity contribution in [3.05, 3.63) is 29.1 Å². The molecule has 0 bridgehead atoms. The number of oxazole rings is 1. The fourth-order valence-electron chi connectivity index (χ4n) is 2.85. The molecule has 1 fully saturated rings. The van der Waals surface area contributed by atoms with Crippen LogP contribution in [0, 0.1) is 5.92 Å². The molecule has 5 nitrogen and oxygen atoms in total. The predicted molar refractivity (Wildman–Crippen MR) is 100 cm³/mol. The number of carbonyl (C=O) groups excluding carboxylic acids is 1. The fourth-order valence-corrected chi connectivity index (χ4v) is 3.02. The number of hydrogen-bond donors (Lipinski definition) is 1. The Morgan fingerprint density at radius 1 is 1.42 bits per heavy atom. The van der Waals surface area contributed by atoms with Crippen molar-refractivity contribution in [3.63, 3.8) is 0 Å². The maximum Gasteiger partial charge on any atom is 0.226 e. The van der Waals surface area contributed by atoms with Gasteiger partial charge in [-0.15, -0.1) is 24.8 Å². The zero-order valence-corrected chi connectivity index (χ0v) is 15.8. The lowest BCUT2D eigenvalue weighted by atomic mass is 9.96. The van der Waals surface area contributed by atoms with Gasteiger partial charge in [-0.05, 0) is 31.0 Å². The lowest BCUT2D eigenvalue weighted by Gasteiger charge is -2.32. The Kier molecular flexibility index (Phi) is 7.80. The molecule has 0 saturated carbocycles. The number of hydrogen-bond acceptors (Lipinski definition) is 4. The zero-order valence-electron chi connectivity index (χ0n) is 13.4. The van der Waals surface area contributed by atoms with Gasteiger partial charge in [0.25, 0.3) is 0 Å². The van der Waals surface area contributed by atoms with Gasteiger partial charge in [-0.2, -0.15) is 0 Å². The van der Waals surface area contributed by atoms with Crippen molar-refractivity contribution in [2.75, 3.05) is 19.6 Å². The van der Waals surface area contributed by atoms with Gasteiger partial charge in [0.15, 0.2) is 11.5 Å². The predicted octanol–water partition coefficient (Wildman–Crippen LogP) is 3.63. The Bertz CT molecular complexity index is 684. The third kappa shape index (κ3) is 4.33. The van der Waals surface area contributed by atoms with Crippen LogP contribution in [0.4, 0.5) is 0 Å². The average molecular weight is 395 g/mol. The molecule has 0 aliphatic carbocycles. The molecule has 2 N–H and O–H groups in total. The number of nitrogens with two attached hydrogens (primary N) is 1. The molecule has 24 heavy (non-hydrogen) atoms. The standard InChI is InChI=1S/C16H20ClN3O2.2ClH/c1-10(9-18)16(21)20-6-4-11(5-7-20)15-19-13-8-12(17)2-3-14(13)22-15;;/h2-3,8,10-11H,4-7,9,18H2,1H3;2*1H. The van der Waals surface area contributed by atoms with Crippen LogP contribution in [-0.4, -0.2) is 35.4 Å². The summed E-state index contributed by atoms with van der Waals surface area (Å²) in [7, 11) is 0. The van der Waals surface area contributed by atoms with Gasteiger partial charge in [0, 0.05) is 36.5 Å². The van der Waals surface area contributed by atoms with Crippen LogP contribution in [0.2, 0.25) is 5.02 Å². The summed E-state index contributed by atoms with van der Waals surface area (Å²) < 4.78 is 5.83. The van der Waals surface area contributed by atoms with E-state index in [1.54, 1.807) is 6.07 Å². The lowest BCUT2D eigenvalue weighted by Crippen LogP contribution is -2.42. The maximum atomic E-state index is 12.1. The van der Waals surface area contributed by atoms with Crippen LogP contribution in [0.25, 0.3) is 11.1 Å². The van der Waals surface area contributed by atoms with E-state index in [-0.39, 0.29) is 42.6 Å². The second-order valence-electron chi connectivity index (χ2n) is 5.90. The van der Waals surface area contributed by atoms with Crippen LogP contribution < -0.4 is 5.73 Å². The molecule has 1 unspecified atom stereocenters. The second kappa shape index (κ2) is 8.90. The Hall–Kier alpha value is -1.01. The maximum absolute atomic E-state index is 12.1. The summed E-state index contributed by atoms with van der Waals surface area (Å²) in [4.78, 5) is 18.6. The lowest BCUT2D eigenvalue weighted by molar-refractivity contribution is -0.135. The number of benzene rings is 1. The van der Waals surface area contributed by atoms with Gasteiger partial charge in [0.1, 0.15) is 5.52 Å². The molecular formula is C16H22Cl3N3O2. The van der Waals surface area contributed by atoms with Crippen LogP contribution in [-0.2, 0) is 4.79 Å². The monoisotopic (exact) mass is 393 g/mol. The van der Waals surface area contributed by atoms with Crippen LogP contribution in [0.5, 0.6) is 0 Å². The first-order valence-electron chi connectivity index (χ1n) is 7.63. The molecule has 1 saturated heterocycles. The van der Waals surface area contributed by atoms with Crippen molar-refractivity contribution in [1.29, 1.82) is 0 Å². The molecule has 0 spiro atoms. The van der Waals surface area contributed by atoms with Gasteiger partial charge in [-0.3, -0.25) is 4.79 Å². The summed E-state index contributed by atoms with van der Waals surface area (Å²) in [5, 5.41) is 0.656. The average Bonchev–Trinajstić information content (AvgIpc) is 2.96. The quantitative estimate of drug-likeness (QED) is 0.863. The first-order valence-corrected chi connectivity index (χ1v) is 8.01. The minimum atomic E-state index is -0.108. The minimum Gasteiger partial charge on any atom is -0.440 e. The Morgan fingerprint density at radius 2 is 2.08 bits per heavy atom. The fraction of sp³-hybridized carbons (Fsp3) is 0.500. The molecule has 8 heteroatoms. The highest BCUT2D eigenvalue weighted by Gasteiger charge is 2.28.